The Kier molecular flexibility index (Phi) is 3.33. The lowest BCUT2D eigenvalue weighted by molar-refractivity contribution is 0.115. The molecule has 17 heavy (non-hydrogen) atoms. The van der Waals surface area contributed by atoms with Crippen molar-refractivity contribution in [3.05, 3.63) is 29.3 Å². The number of hydrogen-bond donors (Lipinski definition) is 1. The fourth-order valence-electron chi connectivity index (χ4n) is 2.17. The van der Waals surface area contributed by atoms with Gasteiger partial charge in [0.25, 0.3) is 0 Å². The van der Waals surface area contributed by atoms with Crippen LogP contribution >= 0.6 is 0 Å². The smallest absolute Gasteiger partial charge is 0.414 e. The van der Waals surface area contributed by atoms with Crippen LogP contribution in [-0.4, -0.2) is 30.5 Å². The second-order valence-electron chi connectivity index (χ2n) is 4.40. The van der Waals surface area contributed by atoms with Gasteiger partial charge in [0.15, 0.2) is 0 Å². The lowest BCUT2D eigenvalue weighted by atomic mass is 10.1. The average molecular weight is 235 g/mol. The molecule has 2 rings (SSSR count). The second-order valence-corrected chi connectivity index (χ2v) is 4.40. The number of hydrogen-bond acceptors (Lipinski definition) is 3. The van der Waals surface area contributed by atoms with Gasteiger partial charge in [0.2, 0.25) is 0 Å². The SMILES string of the molecule is Cc1ccc(N2C(=O)OCCC2CO)c(C)c1. The summed E-state index contributed by atoms with van der Waals surface area (Å²) in [5.74, 6) is 0. The Balaban J connectivity index is 2.38. The predicted molar refractivity (Wildman–Crippen MR) is 65.2 cm³/mol. The molecule has 92 valence electrons. The van der Waals surface area contributed by atoms with E-state index in [4.69, 9.17) is 4.74 Å². The molecule has 0 saturated carbocycles. The van der Waals surface area contributed by atoms with Gasteiger partial charge in [-0.25, -0.2) is 4.79 Å². The summed E-state index contributed by atoms with van der Waals surface area (Å²) < 4.78 is 5.04. The maximum atomic E-state index is 11.8. The molecular formula is C13H17NO3. The molecule has 0 spiro atoms. The van der Waals surface area contributed by atoms with Gasteiger partial charge in [0.05, 0.1) is 24.9 Å². The molecule has 0 bridgehead atoms. The average Bonchev–Trinajstić information content (AvgIpc) is 2.30. The summed E-state index contributed by atoms with van der Waals surface area (Å²) in [7, 11) is 0. The van der Waals surface area contributed by atoms with Crippen LogP contribution in [0, 0.1) is 13.8 Å². The summed E-state index contributed by atoms with van der Waals surface area (Å²) in [5, 5.41) is 9.34. The van der Waals surface area contributed by atoms with Crippen LogP contribution < -0.4 is 4.90 Å². The van der Waals surface area contributed by atoms with Gasteiger partial charge in [-0.15, -0.1) is 0 Å². The second kappa shape index (κ2) is 4.75. The van der Waals surface area contributed by atoms with Gasteiger partial charge < -0.3 is 9.84 Å². The minimum atomic E-state index is -0.373. The van der Waals surface area contributed by atoms with E-state index >= 15 is 0 Å². The van der Waals surface area contributed by atoms with Gasteiger partial charge in [-0.3, -0.25) is 4.90 Å². The van der Waals surface area contributed by atoms with Gasteiger partial charge in [-0.1, -0.05) is 17.7 Å². The van der Waals surface area contributed by atoms with Crippen LogP contribution in [0.1, 0.15) is 17.5 Å². The molecule has 1 aliphatic heterocycles. The molecule has 0 aromatic heterocycles. The Labute approximate surface area is 101 Å². The van der Waals surface area contributed by atoms with Crippen molar-refractivity contribution in [2.75, 3.05) is 18.1 Å². The third kappa shape index (κ3) is 2.26. The molecule has 1 saturated heterocycles. The third-order valence-corrected chi connectivity index (χ3v) is 3.06. The van der Waals surface area contributed by atoms with E-state index in [-0.39, 0.29) is 18.7 Å². The number of amides is 1. The molecule has 0 radical (unpaired) electrons. The number of rotatable bonds is 2. The van der Waals surface area contributed by atoms with Crippen LogP contribution in [0.25, 0.3) is 0 Å². The van der Waals surface area contributed by atoms with E-state index in [0.29, 0.717) is 13.0 Å². The number of aryl methyl sites for hydroxylation is 2. The minimum absolute atomic E-state index is 0.0393. The van der Waals surface area contributed by atoms with Crippen molar-refractivity contribution in [1.82, 2.24) is 0 Å². The first-order valence-corrected chi connectivity index (χ1v) is 5.77. The monoisotopic (exact) mass is 235 g/mol. The zero-order chi connectivity index (χ0) is 12.4. The summed E-state index contributed by atoms with van der Waals surface area (Å²) in [6.45, 7) is 4.31. The Bertz CT molecular complexity index is 431. The standard InChI is InChI=1S/C13H17NO3/c1-9-3-4-12(10(2)7-9)14-11(8-15)5-6-17-13(14)16/h3-4,7,11,15H,5-6,8H2,1-2H3. The van der Waals surface area contributed by atoms with E-state index in [1.807, 2.05) is 32.0 Å². The zero-order valence-electron chi connectivity index (χ0n) is 10.1. The molecule has 0 aliphatic carbocycles. The number of cyclic esters (lactones) is 1. The number of carbonyl (C=O) groups excluding carboxylic acids is 1. The highest BCUT2D eigenvalue weighted by Crippen LogP contribution is 2.27. The van der Waals surface area contributed by atoms with Crippen LogP contribution in [0.4, 0.5) is 10.5 Å². The van der Waals surface area contributed by atoms with Crippen molar-refractivity contribution < 1.29 is 14.6 Å². The number of anilines is 1. The predicted octanol–water partition coefficient (Wildman–Crippen LogP) is 2.01. The highest BCUT2D eigenvalue weighted by Gasteiger charge is 2.31. The minimum Gasteiger partial charge on any atom is -0.449 e. The zero-order valence-corrected chi connectivity index (χ0v) is 10.1. The van der Waals surface area contributed by atoms with Crippen molar-refractivity contribution >= 4 is 11.8 Å². The van der Waals surface area contributed by atoms with Gasteiger partial charge >= 0.3 is 6.09 Å². The quantitative estimate of drug-likeness (QED) is 0.853. The number of ether oxygens (including phenoxy) is 1. The summed E-state index contributed by atoms with van der Waals surface area (Å²) in [5.41, 5.74) is 2.99. The van der Waals surface area contributed by atoms with Crippen LogP contribution in [0.2, 0.25) is 0 Å². The molecular weight excluding hydrogens is 218 g/mol. The summed E-state index contributed by atoms with van der Waals surface area (Å²) >= 11 is 0. The van der Waals surface area contributed by atoms with E-state index in [9.17, 15) is 9.90 Å². The summed E-state index contributed by atoms with van der Waals surface area (Å²) in [6.07, 6.45) is 0.289. The van der Waals surface area contributed by atoms with Crippen molar-refractivity contribution in [1.29, 1.82) is 0 Å². The highest BCUT2D eigenvalue weighted by atomic mass is 16.6. The Hall–Kier alpha value is -1.55. The van der Waals surface area contributed by atoms with Crippen molar-refractivity contribution in [3.8, 4) is 0 Å². The molecule has 4 nitrogen and oxygen atoms in total. The highest BCUT2D eigenvalue weighted by molar-refractivity contribution is 5.90. The summed E-state index contributed by atoms with van der Waals surface area (Å²) in [6, 6.07) is 5.70. The number of aliphatic hydroxyl groups excluding tert-OH is 1. The topological polar surface area (TPSA) is 49.8 Å². The molecule has 1 aromatic rings. The lowest BCUT2D eigenvalue weighted by Gasteiger charge is -2.34. The maximum absolute atomic E-state index is 11.8. The molecule has 4 heteroatoms. The van der Waals surface area contributed by atoms with Gasteiger partial charge in [-0.2, -0.15) is 0 Å². The first-order valence-electron chi connectivity index (χ1n) is 5.77. The van der Waals surface area contributed by atoms with E-state index < -0.39 is 0 Å². The van der Waals surface area contributed by atoms with Crippen LogP contribution in [0.15, 0.2) is 18.2 Å². The van der Waals surface area contributed by atoms with E-state index in [0.717, 1.165) is 16.8 Å². The number of nitrogens with zero attached hydrogens (tertiary/aromatic N) is 1. The molecule has 1 atom stereocenters. The van der Waals surface area contributed by atoms with Crippen molar-refractivity contribution in [2.24, 2.45) is 0 Å². The van der Waals surface area contributed by atoms with E-state index in [1.54, 1.807) is 4.90 Å². The molecule has 1 amide bonds. The summed E-state index contributed by atoms with van der Waals surface area (Å²) in [4.78, 5) is 13.3. The van der Waals surface area contributed by atoms with Gasteiger partial charge in [-0.05, 0) is 25.5 Å². The number of aliphatic hydroxyl groups is 1. The molecule has 1 fully saturated rings. The Morgan fingerprint density at radius 2 is 2.24 bits per heavy atom. The van der Waals surface area contributed by atoms with Crippen molar-refractivity contribution in [2.45, 2.75) is 26.3 Å². The Morgan fingerprint density at radius 1 is 1.47 bits per heavy atom. The van der Waals surface area contributed by atoms with Gasteiger partial charge in [0, 0.05) is 6.42 Å². The van der Waals surface area contributed by atoms with Crippen LogP contribution in [0.3, 0.4) is 0 Å². The lowest BCUT2D eigenvalue weighted by Crippen LogP contribution is -2.48. The van der Waals surface area contributed by atoms with Gasteiger partial charge in [0.1, 0.15) is 0 Å². The molecule has 1 aliphatic rings. The molecule has 1 unspecified atom stereocenters. The molecule has 1 heterocycles. The van der Waals surface area contributed by atoms with Crippen molar-refractivity contribution in [3.63, 3.8) is 0 Å². The largest absolute Gasteiger partial charge is 0.449 e. The first-order chi connectivity index (χ1) is 8.13. The maximum Gasteiger partial charge on any atom is 0.414 e. The fourth-order valence-corrected chi connectivity index (χ4v) is 2.17. The first kappa shape index (κ1) is 11.9. The molecule has 1 aromatic carbocycles. The third-order valence-electron chi connectivity index (χ3n) is 3.06. The Morgan fingerprint density at radius 3 is 2.88 bits per heavy atom. The fraction of sp³-hybridized carbons (Fsp3) is 0.462. The van der Waals surface area contributed by atoms with Crippen LogP contribution in [0.5, 0.6) is 0 Å². The number of benzene rings is 1. The normalized spacial score (nSPS) is 20.3. The molecule has 1 N–H and O–H groups in total. The van der Waals surface area contributed by atoms with Crippen LogP contribution in [-0.2, 0) is 4.74 Å². The van der Waals surface area contributed by atoms with E-state index in [1.165, 1.54) is 0 Å². The number of carbonyl (C=O) groups is 1. The van der Waals surface area contributed by atoms with E-state index in [2.05, 4.69) is 0 Å².